The standard InChI is InChI=1S/C23H24N6O/c1-30-18-4-5-20-19(13-18)16(14-27-20)7-10-26-23-28-22(24)8-11-29(23)17-3-2-15-6-9-25-21(15)12-17/h2-6,8-9,11-14,23,25-27H,7,10H2,1H3,(H2,24,28). The molecule has 1 aliphatic rings. The van der Waals surface area contributed by atoms with Crippen molar-refractivity contribution < 1.29 is 4.74 Å². The van der Waals surface area contributed by atoms with E-state index in [0.717, 1.165) is 35.4 Å². The fraction of sp³-hybridized carbons (Fsp3) is 0.174. The molecule has 5 N–H and O–H groups in total. The Labute approximate surface area is 174 Å². The molecular weight excluding hydrogens is 376 g/mol. The second kappa shape index (κ2) is 7.61. The molecule has 1 unspecified atom stereocenters. The van der Waals surface area contributed by atoms with Gasteiger partial charge in [-0.1, -0.05) is 6.07 Å². The molecule has 0 saturated heterocycles. The Balaban J connectivity index is 1.33. The molecule has 3 heterocycles. The van der Waals surface area contributed by atoms with Crippen molar-refractivity contribution in [3.63, 3.8) is 0 Å². The first-order valence-corrected chi connectivity index (χ1v) is 9.95. The Bertz CT molecular complexity index is 1250. The van der Waals surface area contributed by atoms with Gasteiger partial charge in [0.2, 0.25) is 0 Å². The number of aromatic amines is 2. The summed E-state index contributed by atoms with van der Waals surface area (Å²) >= 11 is 0. The largest absolute Gasteiger partial charge is 0.497 e. The normalized spacial score (nSPS) is 16.4. The van der Waals surface area contributed by atoms with Gasteiger partial charge in [-0.05, 0) is 59.8 Å². The lowest BCUT2D eigenvalue weighted by molar-refractivity contribution is 0.415. The van der Waals surface area contributed by atoms with E-state index >= 15 is 0 Å². The lowest BCUT2D eigenvalue weighted by Crippen LogP contribution is -2.45. The zero-order chi connectivity index (χ0) is 20.5. The van der Waals surface area contributed by atoms with E-state index in [1.165, 1.54) is 16.3 Å². The van der Waals surface area contributed by atoms with Crippen molar-refractivity contribution in [2.75, 3.05) is 18.6 Å². The molecule has 2 aromatic carbocycles. The number of amidine groups is 1. The topological polar surface area (TPSA) is 94.5 Å². The number of hydrogen-bond acceptors (Lipinski definition) is 5. The van der Waals surface area contributed by atoms with Crippen LogP contribution in [0.2, 0.25) is 0 Å². The summed E-state index contributed by atoms with van der Waals surface area (Å²) in [5, 5.41) is 5.89. The van der Waals surface area contributed by atoms with Gasteiger partial charge in [0, 0.05) is 47.2 Å². The summed E-state index contributed by atoms with van der Waals surface area (Å²) < 4.78 is 5.37. The minimum atomic E-state index is -0.262. The third-order valence-electron chi connectivity index (χ3n) is 5.47. The third kappa shape index (κ3) is 3.40. The first-order chi connectivity index (χ1) is 14.7. The van der Waals surface area contributed by atoms with E-state index in [0.29, 0.717) is 5.84 Å². The maximum absolute atomic E-state index is 5.98. The average molecular weight is 400 g/mol. The number of fused-ring (bicyclic) bond motifs is 2. The van der Waals surface area contributed by atoms with Crippen molar-refractivity contribution >= 4 is 33.3 Å². The molecule has 0 amide bonds. The molecule has 30 heavy (non-hydrogen) atoms. The maximum Gasteiger partial charge on any atom is 0.182 e. The molecule has 0 fully saturated rings. The number of nitrogens with zero attached hydrogens (tertiary/aromatic N) is 2. The highest BCUT2D eigenvalue weighted by Gasteiger charge is 2.19. The van der Waals surface area contributed by atoms with Crippen molar-refractivity contribution in [2.24, 2.45) is 10.7 Å². The van der Waals surface area contributed by atoms with Crippen molar-refractivity contribution in [1.82, 2.24) is 15.3 Å². The molecule has 152 valence electrons. The number of aliphatic imine (C=N–C) groups is 1. The van der Waals surface area contributed by atoms with E-state index in [2.05, 4.69) is 61.7 Å². The highest BCUT2D eigenvalue weighted by Crippen LogP contribution is 2.25. The van der Waals surface area contributed by atoms with Gasteiger partial charge in [0.15, 0.2) is 6.29 Å². The van der Waals surface area contributed by atoms with Crippen molar-refractivity contribution in [1.29, 1.82) is 0 Å². The van der Waals surface area contributed by atoms with E-state index in [9.17, 15) is 0 Å². The predicted octanol–water partition coefficient (Wildman–Crippen LogP) is 3.46. The minimum Gasteiger partial charge on any atom is -0.497 e. The second-order valence-corrected chi connectivity index (χ2v) is 7.33. The van der Waals surface area contributed by atoms with Crippen LogP contribution in [0.4, 0.5) is 5.69 Å². The first kappa shape index (κ1) is 18.3. The number of rotatable bonds is 6. The number of H-pyrrole nitrogens is 2. The van der Waals surface area contributed by atoms with E-state index < -0.39 is 0 Å². The van der Waals surface area contributed by atoms with Gasteiger partial charge in [-0.15, -0.1) is 0 Å². The van der Waals surface area contributed by atoms with E-state index in [4.69, 9.17) is 10.5 Å². The van der Waals surface area contributed by atoms with Crippen LogP contribution in [0, 0.1) is 0 Å². The Hall–Kier alpha value is -3.71. The van der Waals surface area contributed by atoms with Crippen LogP contribution < -0.4 is 20.7 Å². The maximum atomic E-state index is 5.98. The number of ether oxygens (including phenoxy) is 1. The van der Waals surface area contributed by atoms with Crippen LogP contribution in [0.1, 0.15) is 5.56 Å². The molecule has 5 rings (SSSR count). The second-order valence-electron chi connectivity index (χ2n) is 7.33. The van der Waals surface area contributed by atoms with Gasteiger partial charge in [0.05, 0.1) is 7.11 Å². The van der Waals surface area contributed by atoms with Gasteiger partial charge in [0.1, 0.15) is 11.6 Å². The molecule has 0 saturated carbocycles. The van der Waals surface area contributed by atoms with Crippen LogP contribution in [0.25, 0.3) is 21.8 Å². The Kier molecular flexibility index (Phi) is 4.65. The monoisotopic (exact) mass is 400 g/mol. The fourth-order valence-corrected chi connectivity index (χ4v) is 3.88. The molecule has 1 aliphatic heterocycles. The van der Waals surface area contributed by atoms with Gasteiger partial charge in [-0.3, -0.25) is 5.32 Å². The minimum absolute atomic E-state index is 0.262. The van der Waals surface area contributed by atoms with E-state index in [1.807, 2.05) is 30.6 Å². The van der Waals surface area contributed by atoms with Gasteiger partial charge in [-0.2, -0.15) is 0 Å². The summed E-state index contributed by atoms with van der Waals surface area (Å²) in [7, 11) is 1.69. The molecule has 0 radical (unpaired) electrons. The van der Waals surface area contributed by atoms with Crippen LogP contribution in [0.5, 0.6) is 5.75 Å². The van der Waals surface area contributed by atoms with E-state index in [-0.39, 0.29) is 6.29 Å². The van der Waals surface area contributed by atoms with Crippen molar-refractivity contribution in [3.8, 4) is 5.75 Å². The summed E-state index contributed by atoms with van der Waals surface area (Å²) in [4.78, 5) is 13.3. The zero-order valence-corrected chi connectivity index (χ0v) is 16.7. The Morgan fingerprint density at radius 3 is 2.97 bits per heavy atom. The molecule has 0 bridgehead atoms. The summed E-state index contributed by atoms with van der Waals surface area (Å²) in [6, 6.07) is 14.5. The summed E-state index contributed by atoms with van der Waals surface area (Å²) in [6.07, 6.45) is 8.39. The Morgan fingerprint density at radius 2 is 2.07 bits per heavy atom. The number of nitrogens with one attached hydrogen (secondary N) is 3. The van der Waals surface area contributed by atoms with Crippen LogP contribution in [-0.4, -0.2) is 35.7 Å². The summed E-state index contributed by atoms with van der Waals surface area (Å²) in [5.74, 6) is 1.37. The highest BCUT2D eigenvalue weighted by atomic mass is 16.5. The summed E-state index contributed by atoms with van der Waals surface area (Å²) in [5.41, 5.74) is 10.5. The van der Waals surface area contributed by atoms with Gasteiger partial charge in [0.25, 0.3) is 0 Å². The number of aromatic nitrogens is 2. The van der Waals surface area contributed by atoms with Gasteiger partial charge < -0.3 is 25.3 Å². The molecule has 0 aliphatic carbocycles. The zero-order valence-electron chi connectivity index (χ0n) is 16.7. The van der Waals surface area contributed by atoms with Crippen LogP contribution in [-0.2, 0) is 6.42 Å². The molecule has 7 heteroatoms. The number of methoxy groups -OCH3 is 1. The Morgan fingerprint density at radius 1 is 1.13 bits per heavy atom. The fourth-order valence-electron chi connectivity index (χ4n) is 3.88. The quantitative estimate of drug-likeness (QED) is 0.399. The molecule has 0 spiro atoms. The van der Waals surface area contributed by atoms with Crippen LogP contribution in [0.3, 0.4) is 0 Å². The lowest BCUT2D eigenvalue weighted by Gasteiger charge is -2.31. The van der Waals surface area contributed by atoms with E-state index in [1.54, 1.807) is 7.11 Å². The smallest absolute Gasteiger partial charge is 0.182 e. The summed E-state index contributed by atoms with van der Waals surface area (Å²) in [6.45, 7) is 0.751. The SMILES string of the molecule is COc1ccc2[nH]cc(CCNC3N=C(N)C=CN3c3ccc4cc[nH]c4c3)c2c1. The van der Waals surface area contributed by atoms with Gasteiger partial charge >= 0.3 is 0 Å². The molecule has 7 nitrogen and oxygen atoms in total. The lowest BCUT2D eigenvalue weighted by atomic mass is 10.1. The molecule has 1 atom stereocenters. The number of benzene rings is 2. The van der Waals surface area contributed by atoms with Crippen LogP contribution >= 0.6 is 0 Å². The number of nitrogens with two attached hydrogens (primary N) is 1. The predicted molar refractivity (Wildman–Crippen MR) is 122 cm³/mol. The third-order valence-corrected chi connectivity index (χ3v) is 5.47. The molecular formula is C23H24N6O. The van der Waals surface area contributed by atoms with Gasteiger partial charge in [-0.25, -0.2) is 4.99 Å². The molecule has 4 aromatic rings. The first-order valence-electron chi connectivity index (χ1n) is 9.95. The van der Waals surface area contributed by atoms with Crippen LogP contribution in [0.15, 0.2) is 72.1 Å². The number of anilines is 1. The molecule has 2 aromatic heterocycles. The van der Waals surface area contributed by atoms with Crippen molar-refractivity contribution in [2.45, 2.75) is 12.7 Å². The highest BCUT2D eigenvalue weighted by molar-refractivity contribution is 5.93. The van der Waals surface area contributed by atoms with Crippen molar-refractivity contribution in [3.05, 3.63) is 72.7 Å². The average Bonchev–Trinajstić information content (AvgIpc) is 3.40. The number of hydrogen-bond donors (Lipinski definition) is 4.